The summed E-state index contributed by atoms with van der Waals surface area (Å²) in [6, 6.07) is 6.08. The van der Waals surface area contributed by atoms with Crippen LogP contribution in [0, 0.1) is 5.92 Å². The summed E-state index contributed by atoms with van der Waals surface area (Å²) in [7, 11) is -3.50. The lowest BCUT2D eigenvalue weighted by molar-refractivity contribution is -0.116. The number of anilines is 1. The Labute approximate surface area is 127 Å². The molecule has 1 aromatic carbocycles. The van der Waals surface area contributed by atoms with Crippen LogP contribution in [0.1, 0.15) is 40.5 Å². The third-order valence-corrected chi connectivity index (χ3v) is 4.62. The van der Waals surface area contributed by atoms with Crippen molar-refractivity contribution in [3.8, 4) is 0 Å². The number of sulfonamides is 1. The normalized spacial score (nSPS) is 13.2. The Morgan fingerprint density at radius 1 is 1.14 bits per heavy atom. The van der Waals surface area contributed by atoms with Crippen LogP contribution in [0.3, 0.4) is 0 Å². The lowest BCUT2D eigenvalue weighted by atomic mass is 10.1. The first kappa shape index (κ1) is 17.7. The van der Waals surface area contributed by atoms with Gasteiger partial charge in [-0.2, -0.15) is 0 Å². The predicted octanol–water partition coefficient (Wildman–Crippen LogP) is 2.75. The number of hydrogen-bond donors (Lipinski definition) is 2. The molecule has 0 aliphatic carbocycles. The van der Waals surface area contributed by atoms with Crippen molar-refractivity contribution >= 4 is 21.6 Å². The molecule has 0 aliphatic rings. The van der Waals surface area contributed by atoms with Gasteiger partial charge in [-0.15, -0.1) is 0 Å². The highest BCUT2D eigenvalue weighted by Gasteiger charge is 2.16. The minimum absolute atomic E-state index is 0.0710. The van der Waals surface area contributed by atoms with Crippen LogP contribution in [-0.2, 0) is 14.8 Å². The maximum Gasteiger partial charge on any atom is 0.240 e. The van der Waals surface area contributed by atoms with Crippen molar-refractivity contribution in [3.63, 3.8) is 0 Å². The zero-order chi connectivity index (χ0) is 16.0. The zero-order valence-electron chi connectivity index (χ0n) is 13.0. The van der Waals surface area contributed by atoms with Gasteiger partial charge < -0.3 is 5.32 Å². The smallest absolute Gasteiger partial charge is 0.240 e. The second-order valence-electron chi connectivity index (χ2n) is 5.60. The van der Waals surface area contributed by atoms with E-state index < -0.39 is 10.0 Å². The Bertz CT molecular complexity index is 565. The summed E-state index contributed by atoms with van der Waals surface area (Å²) in [5.74, 6) is 0.211. The number of carbonyl (C=O) groups is 1. The Hall–Kier alpha value is -1.40. The molecule has 1 amide bonds. The van der Waals surface area contributed by atoms with E-state index in [0.29, 0.717) is 12.1 Å². The van der Waals surface area contributed by atoms with Crippen molar-refractivity contribution in [2.75, 3.05) is 5.32 Å². The quantitative estimate of drug-likeness (QED) is 0.813. The van der Waals surface area contributed by atoms with E-state index in [4.69, 9.17) is 0 Å². The van der Waals surface area contributed by atoms with Crippen LogP contribution in [0.15, 0.2) is 29.2 Å². The van der Waals surface area contributed by atoms with Crippen molar-refractivity contribution in [3.05, 3.63) is 24.3 Å². The highest BCUT2D eigenvalue weighted by Crippen LogP contribution is 2.15. The average Bonchev–Trinajstić information content (AvgIpc) is 2.37. The van der Waals surface area contributed by atoms with Gasteiger partial charge in [0, 0.05) is 18.2 Å². The molecule has 21 heavy (non-hydrogen) atoms. The maximum atomic E-state index is 12.1. The van der Waals surface area contributed by atoms with Gasteiger partial charge in [0.15, 0.2) is 0 Å². The second-order valence-corrected chi connectivity index (χ2v) is 7.32. The fourth-order valence-corrected chi connectivity index (χ4v) is 3.04. The Balaban J connectivity index is 2.76. The van der Waals surface area contributed by atoms with Crippen molar-refractivity contribution in [1.82, 2.24) is 4.72 Å². The molecule has 5 nitrogen and oxygen atoms in total. The topological polar surface area (TPSA) is 75.3 Å². The van der Waals surface area contributed by atoms with Crippen LogP contribution in [-0.4, -0.2) is 20.4 Å². The highest BCUT2D eigenvalue weighted by atomic mass is 32.2. The molecule has 0 aromatic heterocycles. The average molecular weight is 312 g/mol. The molecule has 0 unspecified atom stereocenters. The summed E-state index contributed by atoms with van der Waals surface area (Å²) in [4.78, 5) is 11.8. The minimum Gasteiger partial charge on any atom is -0.326 e. The molecule has 0 fully saturated rings. The lowest BCUT2D eigenvalue weighted by Crippen LogP contribution is -2.31. The van der Waals surface area contributed by atoms with Gasteiger partial charge in [-0.1, -0.05) is 20.8 Å². The summed E-state index contributed by atoms with van der Waals surface area (Å²) in [5, 5.41) is 2.75. The van der Waals surface area contributed by atoms with Crippen molar-refractivity contribution < 1.29 is 13.2 Å². The Morgan fingerprint density at radius 2 is 1.71 bits per heavy atom. The van der Waals surface area contributed by atoms with Crippen molar-refractivity contribution in [1.29, 1.82) is 0 Å². The van der Waals surface area contributed by atoms with Gasteiger partial charge in [-0.3, -0.25) is 4.79 Å². The van der Waals surface area contributed by atoms with E-state index in [1.165, 1.54) is 12.1 Å². The van der Waals surface area contributed by atoms with Crippen LogP contribution in [0.2, 0.25) is 0 Å². The molecule has 1 rings (SSSR count). The molecule has 0 saturated carbocycles. The number of rotatable bonds is 7. The van der Waals surface area contributed by atoms with Gasteiger partial charge in [0.05, 0.1) is 4.90 Å². The highest BCUT2D eigenvalue weighted by molar-refractivity contribution is 7.89. The molecule has 0 radical (unpaired) electrons. The monoisotopic (exact) mass is 312 g/mol. The molecule has 0 spiro atoms. The first-order valence-electron chi connectivity index (χ1n) is 7.16. The van der Waals surface area contributed by atoms with Crippen LogP contribution in [0.5, 0.6) is 0 Å². The molecule has 2 N–H and O–H groups in total. The lowest BCUT2D eigenvalue weighted by Gasteiger charge is -2.12. The van der Waals surface area contributed by atoms with Gasteiger partial charge in [-0.05, 0) is 43.5 Å². The molecular formula is C15H24N2O3S. The van der Waals surface area contributed by atoms with Gasteiger partial charge >= 0.3 is 0 Å². The molecular weight excluding hydrogens is 288 g/mol. The predicted molar refractivity (Wildman–Crippen MR) is 84.6 cm³/mol. The van der Waals surface area contributed by atoms with Gasteiger partial charge in [-0.25, -0.2) is 13.1 Å². The molecule has 0 saturated heterocycles. The number of benzene rings is 1. The van der Waals surface area contributed by atoms with Gasteiger partial charge in [0.1, 0.15) is 0 Å². The van der Waals surface area contributed by atoms with E-state index in [-0.39, 0.29) is 22.8 Å². The van der Waals surface area contributed by atoms with Crippen LogP contribution in [0.25, 0.3) is 0 Å². The fourth-order valence-electron chi connectivity index (χ4n) is 1.72. The number of hydrogen-bond acceptors (Lipinski definition) is 3. The first-order valence-corrected chi connectivity index (χ1v) is 8.65. The molecule has 6 heteroatoms. The fraction of sp³-hybridized carbons (Fsp3) is 0.533. The molecule has 1 aromatic rings. The van der Waals surface area contributed by atoms with E-state index >= 15 is 0 Å². The Kier molecular flexibility index (Phi) is 6.36. The van der Waals surface area contributed by atoms with E-state index in [1.807, 2.05) is 27.7 Å². The van der Waals surface area contributed by atoms with Crippen LogP contribution in [0.4, 0.5) is 5.69 Å². The second kappa shape index (κ2) is 7.56. The minimum atomic E-state index is -3.50. The van der Waals surface area contributed by atoms with Gasteiger partial charge in [0.25, 0.3) is 0 Å². The van der Waals surface area contributed by atoms with Crippen LogP contribution < -0.4 is 10.0 Å². The molecule has 118 valence electrons. The van der Waals surface area contributed by atoms with Crippen molar-refractivity contribution in [2.24, 2.45) is 5.92 Å². The first-order chi connectivity index (χ1) is 9.74. The van der Waals surface area contributed by atoms with E-state index in [1.54, 1.807) is 12.1 Å². The van der Waals surface area contributed by atoms with E-state index in [9.17, 15) is 13.2 Å². The maximum absolute atomic E-state index is 12.1. The van der Waals surface area contributed by atoms with Crippen molar-refractivity contribution in [2.45, 2.75) is 51.5 Å². The number of carbonyl (C=O) groups excluding carboxylic acids is 1. The standard InChI is InChI=1S/C15H24N2O3S/c1-5-12(4)17-21(19,20)14-8-6-13(7-9-14)16-15(18)10-11(2)3/h6-9,11-12,17H,5,10H2,1-4H3,(H,16,18)/t12-/m1/s1. The molecule has 0 bridgehead atoms. The summed E-state index contributed by atoms with van der Waals surface area (Å²) >= 11 is 0. The van der Waals surface area contributed by atoms with Crippen LogP contribution >= 0.6 is 0 Å². The third-order valence-electron chi connectivity index (χ3n) is 3.01. The summed E-state index contributed by atoms with van der Waals surface area (Å²) in [5.41, 5.74) is 0.600. The number of amides is 1. The largest absolute Gasteiger partial charge is 0.326 e. The number of nitrogens with one attached hydrogen (secondary N) is 2. The van der Waals surface area contributed by atoms with E-state index in [0.717, 1.165) is 6.42 Å². The SMILES string of the molecule is CC[C@@H](C)NS(=O)(=O)c1ccc(NC(=O)CC(C)C)cc1. The Morgan fingerprint density at radius 3 is 2.19 bits per heavy atom. The van der Waals surface area contributed by atoms with E-state index in [2.05, 4.69) is 10.0 Å². The summed E-state index contributed by atoms with van der Waals surface area (Å²) < 4.78 is 26.8. The van der Waals surface area contributed by atoms with Gasteiger partial charge in [0.2, 0.25) is 15.9 Å². The third kappa shape index (κ3) is 5.85. The molecule has 0 aliphatic heterocycles. The summed E-state index contributed by atoms with van der Waals surface area (Å²) in [6.07, 6.45) is 1.16. The zero-order valence-corrected chi connectivity index (χ0v) is 13.8. The molecule has 1 atom stereocenters. The summed E-state index contributed by atoms with van der Waals surface area (Å²) in [6.45, 7) is 7.67. The molecule has 0 heterocycles.